The zero-order valence-corrected chi connectivity index (χ0v) is 14.5. The molecule has 0 aliphatic heterocycles. The van der Waals surface area contributed by atoms with Gasteiger partial charge in [0, 0.05) is 25.3 Å². The molecule has 2 N–H and O–H groups in total. The molecule has 9 heteroatoms. The zero-order chi connectivity index (χ0) is 17.8. The average Bonchev–Trinajstić information content (AvgIpc) is 3.01. The summed E-state index contributed by atoms with van der Waals surface area (Å²) in [6, 6.07) is 6.77. The minimum atomic E-state index is -0.203. The topological polar surface area (TPSA) is 102 Å². The van der Waals surface area contributed by atoms with Gasteiger partial charge in [-0.15, -0.1) is 0 Å². The Hall–Kier alpha value is -2.94. The van der Waals surface area contributed by atoms with Crippen molar-refractivity contribution >= 4 is 40.3 Å². The van der Waals surface area contributed by atoms with Crippen molar-refractivity contribution < 1.29 is 9.59 Å². The Balaban J connectivity index is 1.66. The fourth-order valence-electron chi connectivity index (χ4n) is 2.27. The summed E-state index contributed by atoms with van der Waals surface area (Å²) in [5.41, 5.74) is 1.78. The van der Waals surface area contributed by atoms with Gasteiger partial charge >= 0.3 is 0 Å². The second-order valence-corrected chi connectivity index (χ2v) is 6.15. The summed E-state index contributed by atoms with van der Waals surface area (Å²) in [5.74, 6) is -0.203. The molecule has 0 spiro atoms. The van der Waals surface area contributed by atoms with Gasteiger partial charge < -0.3 is 10.6 Å². The van der Waals surface area contributed by atoms with Crippen LogP contribution in [-0.4, -0.2) is 44.4 Å². The standard InChI is InChI=1S/C16H16N6O2S/c1-17-15(24)10-4-3-5-11(6-10)21-13(23)8-25-16-12-7-20-22(2)14(12)18-9-19-16/h3-7,9H,8H2,1-2H3,(H,17,24)(H,21,23). The van der Waals surface area contributed by atoms with Crippen molar-refractivity contribution in [3.8, 4) is 0 Å². The van der Waals surface area contributed by atoms with Gasteiger partial charge in [-0.2, -0.15) is 5.10 Å². The van der Waals surface area contributed by atoms with Gasteiger partial charge in [-0.3, -0.25) is 14.3 Å². The van der Waals surface area contributed by atoms with Crippen LogP contribution in [0.1, 0.15) is 10.4 Å². The Morgan fingerprint density at radius 1 is 1.28 bits per heavy atom. The van der Waals surface area contributed by atoms with E-state index in [0.717, 1.165) is 11.0 Å². The van der Waals surface area contributed by atoms with Crippen molar-refractivity contribution in [3.63, 3.8) is 0 Å². The van der Waals surface area contributed by atoms with E-state index in [2.05, 4.69) is 25.7 Å². The molecule has 0 fully saturated rings. The first-order chi connectivity index (χ1) is 12.1. The maximum atomic E-state index is 12.2. The highest BCUT2D eigenvalue weighted by atomic mass is 32.2. The third-order valence-electron chi connectivity index (χ3n) is 3.47. The molecule has 8 nitrogen and oxygen atoms in total. The van der Waals surface area contributed by atoms with E-state index in [9.17, 15) is 9.59 Å². The normalized spacial score (nSPS) is 10.6. The van der Waals surface area contributed by atoms with Crippen molar-refractivity contribution in [2.45, 2.75) is 5.03 Å². The number of nitrogens with one attached hydrogen (secondary N) is 2. The fourth-order valence-corrected chi connectivity index (χ4v) is 3.03. The summed E-state index contributed by atoms with van der Waals surface area (Å²) in [6.07, 6.45) is 3.14. The monoisotopic (exact) mass is 356 g/mol. The molecular weight excluding hydrogens is 340 g/mol. The van der Waals surface area contributed by atoms with Crippen LogP contribution >= 0.6 is 11.8 Å². The molecule has 1 aromatic carbocycles. The van der Waals surface area contributed by atoms with Crippen LogP contribution in [0, 0.1) is 0 Å². The molecule has 3 aromatic rings. The first-order valence-corrected chi connectivity index (χ1v) is 8.44. The van der Waals surface area contributed by atoms with Gasteiger partial charge in [0.15, 0.2) is 5.65 Å². The summed E-state index contributed by atoms with van der Waals surface area (Å²) >= 11 is 1.31. The van der Waals surface area contributed by atoms with Crippen LogP contribution in [0.25, 0.3) is 11.0 Å². The van der Waals surface area contributed by atoms with Crippen LogP contribution in [0.2, 0.25) is 0 Å². The van der Waals surface area contributed by atoms with Gasteiger partial charge in [0.2, 0.25) is 5.91 Å². The number of anilines is 1. The molecule has 0 aliphatic rings. The Kier molecular flexibility index (Phi) is 4.94. The number of carbonyl (C=O) groups is 2. The van der Waals surface area contributed by atoms with Gasteiger partial charge in [0.05, 0.1) is 17.3 Å². The molecule has 0 aliphatic carbocycles. The quantitative estimate of drug-likeness (QED) is 0.530. The first-order valence-electron chi connectivity index (χ1n) is 7.46. The lowest BCUT2D eigenvalue weighted by Gasteiger charge is -2.07. The van der Waals surface area contributed by atoms with Crippen molar-refractivity contribution in [3.05, 3.63) is 42.4 Å². The smallest absolute Gasteiger partial charge is 0.251 e. The zero-order valence-electron chi connectivity index (χ0n) is 13.7. The van der Waals surface area contributed by atoms with Crippen LogP contribution < -0.4 is 10.6 Å². The lowest BCUT2D eigenvalue weighted by atomic mass is 10.2. The number of aromatic nitrogens is 4. The number of hydrogen-bond acceptors (Lipinski definition) is 6. The number of benzene rings is 1. The third kappa shape index (κ3) is 3.77. The molecule has 0 bridgehead atoms. The predicted molar refractivity (Wildman–Crippen MR) is 95.5 cm³/mol. The SMILES string of the molecule is CNC(=O)c1cccc(NC(=O)CSc2ncnc3c2cnn3C)c1. The molecule has 25 heavy (non-hydrogen) atoms. The number of rotatable bonds is 5. The van der Waals surface area contributed by atoms with Crippen molar-refractivity contribution in [2.75, 3.05) is 18.1 Å². The predicted octanol–water partition coefficient (Wildman–Crippen LogP) is 1.45. The number of nitrogens with zero attached hydrogens (tertiary/aromatic N) is 4. The molecule has 2 amide bonds. The van der Waals surface area contributed by atoms with Gasteiger partial charge in [0.25, 0.3) is 5.91 Å². The number of thioether (sulfide) groups is 1. The van der Waals surface area contributed by atoms with E-state index in [0.29, 0.717) is 16.3 Å². The van der Waals surface area contributed by atoms with E-state index >= 15 is 0 Å². The maximum Gasteiger partial charge on any atom is 0.251 e. The van der Waals surface area contributed by atoms with E-state index in [-0.39, 0.29) is 17.6 Å². The lowest BCUT2D eigenvalue weighted by molar-refractivity contribution is -0.113. The Bertz CT molecular complexity index is 939. The average molecular weight is 356 g/mol. The molecule has 128 valence electrons. The number of carbonyl (C=O) groups excluding carboxylic acids is 2. The maximum absolute atomic E-state index is 12.2. The van der Waals surface area contributed by atoms with Gasteiger partial charge in [-0.1, -0.05) is 17.8 Å². The first kappa shape index (κ1) is 16.9. The van der Waals surface area contributed by atoms with E-state index in [1.165, 1.54) is 18.1 Å². The number of aryl methyl sites for hydroxylation is 1. The minimum absolute atomic E-state index is 0.185. The number of amides is 2. The summed E-state index contributed by atoms with van der Waals surface area (Å²) in [4.78, 5) is 32.2. The third-order valence-corrected chi connectivity index (χ3v) is 4.47. The van der Waals surface area contributed by atoms with Crippen LogP contribution in [0.4, 0.5) is 5.69 Å². The molecule has 2 aromatic heterocycles. The Morgan fingerprint density at radius 3 is 2.92 bits per heavy atom. The minimum Gasteiger partial charge on any atom is -0.355 e. The van der Waals surface area contributed by atoms with Gasteiger partial charge in [-0.25, -0.2) is 9.97 Å². The van der Waals surface area contributed by atoms with Crippen LogP contribution in [0.5, 0.6) is 0 Å². The van der Waals surface area contributed by atoms with Crippen molar-refractivity contribution in [1.29, 1.82) is 0 Å². The molecular formula is C16H16N6O2S. The Morgan fingerprint density at radius 2 is 2.12 bits per heavy atom. The molecule has 3 rings (SSSR count). The highest BCUT2D eigenvalue weighted by molar-refractivity contribution is 8.00. The highest BCUT2D eigenvalue weighted by Gasteiger charge is 2.11. The van der Waals surface area contributed by atoms with Crippen molar-refractivity contribution in [2.24, 2.45) is 7.05 Å². The summed E-state index contributed by atoms with van der Waals surface area (Å²) in [5, 5.41) is 11.0. The van der Waals surface area contributed by atoms with E-state index in [1.54, 1.807) is 49.2 Å². The molecule has 0 radical (unpaired) electrons. The van der Waals surface area contributed by atoms with Crippen molar-refractivity contribution in [1.82, 2.24) is 25.1 Å². The molecule has 2 heterocycles. The largest absolute Gasteiger partial charge is 0.355 e. The number of hydrogen-bond donors (Lipinski definition) is 2. The van der Waals surface area contributed by atoms with Crippen LogP contribution in [-0.2, 0) is 11.8 Å². The van der Waals surface area contributed by atoms with Crippen LogP contribution in [0.15, 0.2) is 41.8 Å². The van der Waals surface area contributed by atoms with Gasteiger partial charge in [-0.05, 0) is 18.2 Å². The molecule has 0 unspecified atom stereocenters. The lowest BCUT2D eigenvalue weighted by Crippen LogP contribution is -2.19. The Labute approximate surface area is 148 Å². The molecule has 0 saturated carbocycles. The second kappa shape index (κ2) is 7.31. The van der Waals surface area contributed by atoms with E-state index in [4.69, 9.17) is 0 Å². The summed E-state index contributed by atoms with van der Waals surface area (Å²) < 4.78 is 1.66. The second-order valence-electron chi connectivity index (χ2n) is 5.18. The summed E-state index contributed by atoms with van der Waals surface area (Å²) in [7, 11) is 3.36. The summed E-state index contributed by atoms with van der Waals surface area (Å²) in [6.45, 7) is 0. The van der Waals surface area contributed by atoms with E-state index in [1.807, 2.05) is 0 Å². The van der Waals surface area contributed by atoms with Gasteiger partial charge in [0.1, 0.15) is 11.4 Å². The molecule has 0 atom stereocenters. The number of fused-ring (bicyclic) bond motifs is 1. The fraction of sp³-hybridized carbons (Fsp3) is 0.188. The molecule has 0 saturated heterocycles. The van der Waals surface area contributed by atoms with Crippen LogP contribution in [0.3, 0.4) is 0 Å². The highest BCUT2D eigenvalue weighted by Crippen LogP contribution is 2.24. The van der Waals surface area contributed by atoms with E-state index < -0.39 is 0 Å².